The SMILES string of the molecule is Cc1noc(C)c1CCC(=O)NCc1cccc(OCC(=O)O)c1. The molecule has 0 unspecified atom stereocenters. The first kappa shape index (κ1) is 17.5. The van der Waals surface area contributed by atoms with E-state index in [9.17, 15) is 9.59 Å². The molecule has 24 heavy (non-hydrogen) atoms. The highest BCUT2D eigenvalue weighted by molar-refractivity contribution is 5.76. The van der Waals surface area contributed by atoms with Gasteiger partial charge in [-0.2, -0.15) is 0 Å². The quantitative estimate of drug-likeness (QED) is 0.767. The van der Waals surface area contributed by atoms with E-state index < -0.39 is 12.6 Å². The average Bonchev–Trinajstić information content (AvgIpc) is 2.88. The van der Waals surface area contributed by atoms with Gasteiger partial charge in [0.2, 0.25) is 5.91 Å². The summed E-state index contributed by atoms with van der Waals surface area (Å²) >= 11 is 0. The zero-order valence-electron chi connectivity index (χ0n) is 13.7. The van der Waals surface area contributed by atoms with Crippen molar-refractivity contribution in [2.45, 2.75) is 33.2 Å². The maximum absolute atomic E-state index is 12.0. The lowest BCUT2D eigenvalue weighted by atomic mass is 10.1. The van der Waals surface area contributed by atoms with E-state index in [0.717, 1.165) is 22.6 Å². The van der Waals surface area contributed by atoms with Crippen LogP contribution in [0.4, 0.5) is 0 Å². The number of rotatable bonds is 8. The first-order valence-corrected chi connectivity index (χ1v) is 7.57. The van der Waals surface area contributed by atoms with Crippen molar-refractivity contribution < 1.29 is 24.0 Å². The second-order valence-corrected chi connectivity index (χ2v) is 5.41. The Morgan fingerprint density at radius 3 is 2.79 bits per heavy atom. The van der Waals surface area contributed by atoms with Gasteiger partial charge in [-0.3, -0.25) is 4.79 Å². The second-order valence-electron chi connectivity index (χ2n) is 5.41. The summed E-state index contributed by atoms with van der Waals surface area (Å²) in [6.07, 6.45) is 0.923. The molecule has 0 spiro atoms. The van der Waals surface area contributed by atoms with E-state index in [1.165, 1.54) is 0 Å². The van der Waals surface area contributed by atoms with Gasteiger partial charge in [-0.05, 0) is 38.0 Å². The highest BCUT2D eigenvalue weighted by Gasteiger charge is 2.11. The van der Waals surface area contributed by atoms with Crippen LogP contribution in [0.3, 0.4) is 0 Å². The molecule has 0 saturated heterocycles. The number of aliphatic carboxylic acids is 1. The van der Waals surface area contributed by atoms with E-state index >= 15 is 0 Å². The summed E-state index contributed by atoms with van der Waals surface area (Å²) in [5.41, 5.74) is 2.61. The van der Waals surface area contributed by atoms with Crippen molar-refractivity contribution in [1.82, 2.24) is 10.5 Å². The summed E-state index contributed by atoms with van der Waals surface area (Å²) < 4.78 is 10.2. The standard InChI is InChI=1S/C17H20N2O5/c1-11-15(12(2)24-19-11)6-7-16(20)18-9-13-4-3-5-14(8-13)23-10-17(21)22/h3-5,8H,6-7,9-10H2,1-2H3,(H,18,20)(H,21,22). The molecule has 1 aromatic carbocycles. The molecule has 0 bridgehead atoms. The molecule has 0 aliphatic rings. The van der Waals surface area contributed by atoms with Gasteiger partial charge in [0.05, 0.1) is 5.69 Å². The second kappa shape index (κ2) is 8.14. The molecule has 2 rings (SSSR count). The number of nitrogens with one attached hydrogen (secondary N) is 1. The van der Waals surface area contributed by atoms with Gasteiger partial charge in [0.1, 0.15) is 11.5 Å². The molecule has 1 amide bonds. The Morgan fingerprint density at radius 1 is 1.33 bits per heavy atom. The van der Waals surface area contributed by atoms with E-state index in [0.29, 0.717) is 25.1 Å². The first-order valence-electron chi connectivity index (χ1n) is 7.57. The van der Waals surface area contributed by atoms with Gasteiger partial charge in [-0.1, -0.05) is 17.3 Å². The Morgan fingerprint density at radius 2 is 2.12 bits per heavy atom. The number of carbonyl (C=O) groups is 2. The fourth-order valence-corrected chi connectivity index (χ4v) is 2.28. The van der Waals surface area contributed by atoms with E-state index in [4.69, 9.17) is 14.4 Å². The molecule has 0 fully saturated rings. The maximum atomic E-state index is 12.0. The number of nitrogens with zero attached hydrogens (tertiary/aromatic N) is 1. The van der Waals surface area contributed by atoms with Crippen molar-refractivity contribution in [3.8, 4) is 5.75 Å². The molecular formula is C17H20N2O5. The molecule has 0 aliphatic heterocycles. The summed E-state index contributed by atoms with van der Waals surface area (Å²) in [4.78, 5) is 22.5. The van der Waals surface area contributed by atoms with Gasteiger partial charge in [0, 0.05) is 18.5 Å². The first-order chi connectivity index (χ1) is 11.5. The largest absolute Gasteiger partial charge is 0.482 e. The van der Waals surface area contributed by atoms with Gasteiger partial charge < -0.3 is 19.7 Å². The molecule has 0 aliphatic carbocycles. The number of carboxylic acid groups (broad SMARTS) is 1. The third-order valence-corrected chi connectivity index (χ3v) is 3.53. The topological polar surface area (TPSA) is 102 Å². The van der Waals surface area contributed by atoms with Crippen LogP contribution in [0.5, 0.6) is 5.75 Å². The predicted octanol–water partition coefficient (Wildman–Crippen LogP) is 2.00. The number of hydrogen-bond acceptors (Lipinski definition) is 5. The van der Waals surface area contributed by atoms with Crippen molar-refractivity contribution in [2.24, 2.45) is 0 Å². The van der Waals surface area contributed by atoms with Gasteiger partial charge in [0.15, 0.2) is 6.61 Å². The van der Waals surface area contributed by atoms with Crippen LogP contribution in [0.1, 0.15) is 29.0 Å². The highest BCUT2D eigenvalue weighted by atomic mass is 16.5. The number of aryl methyl sites for hydroxylation is 2. The van der Waals surface area contributed by atoms with E-state index in [2.05, 4.69) is 10.5 Å². The van der Waals surface area contributed by atoms with Crippen LogP contribution in [-0.4, -0.2) is 28.7 Å². The predicted molar refractivity (Wildman–Crippen MR) is 85.7 cm³/mol. The van der Waals surface area contributed by atoms with Gasteiger partial charge >= 0.3 is 5.97 Å². The van der Waals surface area contributed by atoms with Crippen molar-refractivity contribution >= 4 is 11.9 Å². The molecular weight excluding hydrogens is 312 g/mol. The summed E-state index contributed by atoms with van der Waals surface area (Å²) in [6.45, 7) is 3.64. The number of aromatic nitrogens is 1. The maximum Gasteiger partial charge on any atom is 0.341 e. The van der Waals surface area contributed by atoms with Crippen LogP contribution in [0.25, 0.3) is 0 Å². The van der Waals surface area contributed by atoms with Gasteiger partial charge in [-0.15, -0.1) is 0 Å². The zero-order valence-corrected chi connectivity index (χ0v) is 13.7. The third-order valence-electron chi connectivity index (χ3n) is 3.53. The molecule has 7 nitrogen and oxygen atoms in total. The van der Waals surface area contributed by atoms with Crippen LogP contribution >= 0.6 is 0 Å². The van der Waals surface area contributed by atoms with Crippen LogP contribution in [0.15, 0.2) is 28.8 Å². The van der Waals surface area contributed by atoms with E-state index in [-0.39, 0.29) is 5.91 Å². The summed E-state index contributed by atoms with van der Waals surface area (Å²) in [5.74, 6) is 0.0864. The summed E-state index contributed by atoms with van der Waals surface area (Å²) in [7, 11) is 0. The van der Waals surface area contributed by atoms with E-state index in [1.54, 1.807) is 18.2 Å². The van der Waals surface area contributed by atoms with Gasteiger partial charge in [-0.25, -0.2) is 4.79 Å². The van der Waals surface area contributed by atoms with Gasteiger partial charge in [0.25, 0.3) is 0 Å². The molecule has 0 radical (unpaired) electrons. The minimum absolute atomic E-state index is 0.0770. The van der Waals surface area contributed by atoms with Crippen LogP contribution in [0, 0.1) is 13.8 Å². The molecule has 7 heteroatoms. The summed E-state index contributed by atoms with van der Waals surface area (Å²) in [5, 5.41) is 15.3. The van der Waals surface area contributed by atoms with Crippen molar-refractivity contribution in [3.63, 3.8) is 0 Å². The number of carboxylic acids is 1. The molecule has 0 atom stereocenters. The smallest absolute Gasteiger partial charge is 0.341 e. The molecule has 2 N–H and O–H groups in total. The lowest BCUT2D eigenvalue weighted by Gasteiger charge is -2.08. The van der Waals surface area contributed by atoms with Crippen molar-refractivity contribution in [1.29, 1.82) is 0 Å². The Hall–Kier alpha value is -2.83. The molecule has 128 valence electrons. The Labute approximate surface area is 139 Å². The minimum Gasteiger partial charge on any atom is -0.482 e. The van der Waals surface area contributed by atoms with Crippen LogP contribution in [-0.2, 0) is 22.6 Å². The molecule has 0 saturated carbocycles. The Bertz CT molecular complexity index is 704. The summed E-state index contributed by atoms with van der Waals surface area (Å²) in [6, 6.07) is 6.97. The number of ether oxygens (including phenoxy) is 1. The van der Waals surface area contributed by atoms with Crippen LogP contribution < -0.4 is 10.1 Å². The van der Waals surface area contributed by atoms with Crippen molar-refractivity contribution in [3.05, 3.63) is 46.8 Å². The fourth-order valence-electron chi connectivity index (χ4n) is 2.28. The molecule has 2 aromatic rings. The van der Waals surface area contributed by atoms with Crippen LogP contribution in [0.2, 0.25) is 0 Å². The average molecular weight is 332 g/mol. The fraction of sp³-hybridized carbons (Fsp3) is 0.353. The van der Waals surface area contributed by atoms with E-state index in [1.807, 2.05) is 19.9 Å². The number of carbonyl (C=O) groups excluding carboxylic acids is 1. The lowest BCUT2D eigenvalue weighted by Crippen LogP contribution is -2.23. The molecule has 1 aromatic heterocycles. The Kier molecular flexibility index (Phi) is 5.95. The highest BCUT2D eigenvalue weighted by Crippen LogP contribution is 2.15. The van der Waals surface area contributed by atoms with Crippen molar-refractivity contribution in [2.75, 3.05) is 6.61 Å². The number of amides is 1. The minimum atomic E-state index is -1.03. The number of benzene rings is 1. The zero-order chi connectivity index (χ0) is 17.5. The lowest BCUT2D eigenvalue weighted by molar-refractivity contribution is -0.139. The monoisotopic (exact) mass is 332 g/mol. The number of hydrogen-bond donors (Lipinski definition) is 2. The third kappa shape index (κ3) is 5.12. The molecule has 1 heterocycles. The normalized spacial score (nSPS) is 10.4. The Balaban J connectivity index is 1.81.